The molecule has 1 heterocycles. The smallest absolute Gasteiger partial charge is 0.243 e. The molecule has 2 amide bonds. The van der Waals surface area contributed by atoms with E-state index in [2.05, 4.69) is 25.8 Å². The van der Waals surface area contributed by atoms with Crippen LogP contribution in [0.1, 0.15) is 18.2 Å². The van der Waals surface area contributed by atoms with Crippen LogP contribution in [0.2, 0.25) is 0 Å². The second kappa shape index (κ2) is 6.30. The zero-order valence-corrected chi connectivity index (χ0v) is 12.1. The Morgan fingerprint density at radius 1 is 1.25 bits per heavy atom. The third kappa shape index (κ3) is 3.21. The van der Waals surface area contributed by atoms with E-state index in [0.717, 1.165) is 6.07 Å². The number of halogens is 3. The highest BCUT2D eigenvalue weighted by Gasteiger charge is 2.45. The van der Waals surface area contributed by atoms with Crippen LogP contribution in [0.15, 0.2) is 18.5 Å². The number of aromatic amines is 1. The summed E-state index contributed by atoms with van der Waals surface area (Å²) in [6.07, 6.45) is 1.92. The number of H-pyrrole nitrogens is 1. The Kier molecular flexibility index (Phi) is 4.19. The minimum atomic E-state index is -1.68. The number of nitrogens with zero attached hydrogens (tertiary/aromatic N) is 2. The molecule has 0 bridgehead atoms. The van der Waals surface area contributed by atoms with Gasteiger partial charge in [-0.15, -0.1) is 0 Å². The van der Waals surface area contributed by atoms with Crippen molar-refractivity contribution in [1.82, 2.24) is 20.5 Å². The molecule has 0 spiro atoms. The van der Waals surface area contributed by atoms with Crippen LogP contribution in [0.25, 0.3) is 0 Å². The molecule has 24 heavy (non-hydrogen) atoms. The Hall–Kier alpha value is -2.91. The number of amides is 2. The normalized spacial score (nSPS) is 19.0. The number of carbonyl (C=O) groups is 2. The number of hydrogen-bond donors (Lipinski definition) is 3. The Morgan fingerprint density at radius 3 is 2.75 bits per heavy atom. The van der Waals surface area contributed by atoms with Gasteiger partial charge >= 0.3 is 0 Å². The number of nitrogens with one attached hydrogen (secondary N) is 3. The first-order chi connectivity index (χ1) is 11.5. The van der Waals surface area contributed by atoms with Crippen LogP contribution in [0.4, 0.5) is 18.9 Å². The van der Waals surface area contributed by atoms with Crippen LogP contribution in [0.3, 0.4) is 0 Å². The Balaban J connectivity index is 1.50. The fourth-order valence-corrected chi connectivity index (χ4v) is 2.30. The highest BCUT2D eigenvalue weighted by Crippen LogP contribution is 2.45. The first-order valence-corrected chi connectivity index (χ1v) is 7.03. The first-order valence-electron chi connectivity index (χ1n) is 7.03. The van der Waals surface area contributed by atoms with E-state index in [9.17, 15) is 22.8 Å². The number of hydrogen-bond acceptors (Lipinski definition) is 4. The second-order valence-corrected chi connectivity index (χ2v) is 5.31. The summed E-state index contributed by atoms with van der Waals surface area (Å²) in [5.74, 6) is -5.42. The lowest BCUT2D eigenvalue weighted by molar-refractivity contribution is -0.125. The number of anilines is 1. The van der Waals surface area contributed by atoms with Gasteiger partial charge in [0.15, 0.2) is 17.5 Å². The molecule has 1 aliphatic rings. The van der Waals surface area contributed by atoms with Crippen molar-refractivity contribution < 1.29 is 22.8 Å². The summed E-state index contributed by atoms with van der Waals surface area (Å²) in [5.41, 5.74) is -0.501. The van der Waals surface area contributed by atoms with E-state index < -0.39 is 35.6 Å². The monoisotopic (exact) mass is 339 g/mol. The van der Waals surface area contributed by atoms with E-state index >= 15 is 0 Å². The van der Waals surface area contributed by atoms with Gasteiger partial charge in [-0.3, -0.25) is 14.7 Å². The van der Waals surface area contributed by atoms with Gasteiger partial charge in [-0.1, -0.05) is 0 Å². The van der Waals surface area contributed by atoms with E-state index in [4.69, 9.17) is 0 Å². The molecule has 10 heteroatoms. The van der Waals surface area contributed by atoms with E-state index in [1.807, 2.05) is 0 Å². The molecule has 0 saturated heterocycles. The van der Waals surface area contributed by atoms with Gasteiger partial charge in [-0.25, -0.2) is 18.2 Å². The molecule has 7 nitrogen and oxygen atoms in total. The molecule has 1 aromatic heterocycles. The highest BCUT2D eigenvalue weighted by atomic mass is 19.2. The van der Waals surface area contributed by atoms with Gasteiger partial charge < -0.3 is 10.6 Å². The van der Waals surface area contributed by atoms with Crippen LogP contribution in [-0.2, 0) is 9.59 Å². The molecule has 2 atom stereocenters. The molecule has 2 aromatic rings. The molecule has 3 rings (SSSR count). The van der Waals surface area contributed by atoms with Gasteiger partial charge in [0.1, 0.15) is 12.2 Å². The van der Waals surface area contributed by atoms with Crippen molar-refractivity contribution >= 4 is 17.5 Å². The fraction of sp³-hybridized carbons (Fsp3) is 0.286. The predicted molar refractivity (Wildman–Crippen MR) is 75.2 cm³/mol. The average molecular weight is 339 g/mol. The minimum Gasteiger partial charge on any atom is -0.347 e. The lowest BCUT2D eigenvalue weighted by Crippen LogP contribution is -2.34. The molecule has 0 unspecified atom stereocenters. The number of rotatable bonds is 5. The van der Waals surface area contributed by atoms with Crippen molar-refractivity contribution in [2.24, 2.45) is 5.92 Å². The van der Waals surface area contributed by atoms with Crippen LogP contribution >= 0.6 is 0 Å². The molecular weight excluding hydrogens is 327 g/mol. The van der Waals surface area contributed by atoms with Gasteiger partial charge in [0.05, 0.1) is 12.2 Å². The lowest BCUT2D eigenvalue weighted by atomic mass is 10.2. The number of carbonyl (C=O) groups excluding carboxylic acids is 2. The summed E-state index contributed by atoms with van der Waals surface area (Å²) in [7, 11) is 0. The summed E-state index contributed by atoms with van der Waals surface area (Å²) < 4.78 is 39.3. The predicted octanol–water partition coefficient (Wildman–Crippen LogP) is 1.08. The van der Waals surface area contributed by atoms with Gasteiger partial charge in [0.2, 0.25) is 11.8 Å². The van der Waals surface area contributed by atoms with E-state index in [1.54, 1.807) is 0 Å². The quantitative estimate of drug-likeness (QED) is 0.710. The van der Waals surface area contributed by atoms with Gasteiger partial charge in [0.25, 0.3) is 0 Å². The van der Waals surface area contributed by atoms with Crippen molar-refractivity contribution in [1.29, 1.82) is 0 Å². The average Bonchev–Trinajstić information content (AvgIpc) is 3.18. The fourth-order valence-electron chi connectivity index (χ4n) is 2.30. The largest absolute Gasteiger partial charge is 0.347 e. The maximum atomic E-state index is 13.4. The van der Waals surface area contributed by atoms with Gasteiger partial charge in [-0.05, 0) is 18.6 Å². The standard InChI is InChI=1S/C14H12F3N5O2/c15-8-1-2-9(12(17)11(8)16)21-10(23)4-18-14(24)7-3-6(7)13-19-5-20-22-13/h1-2,5-7H,3-4H2,(H,18,24)(H,21,23)(H,19,20,22)/t6-,7-/m0/s1. The number of aromatic nitrogens is 3. The third-order valence-corrected chi connectivity index (χ3v) is 3.64. The Morgan fingerprint density at radius 2 is 2.04 bits per heavy atom. The summed E-state index contributed by atoms with van der Waals surface area (Å²) in [5, 5.41) is 10.8. The van der Waals surface area contributed by atoms with E-state index in [1.165, 1.54) is 6.33 Å². The molecular formula is C14H12F3N5O2. The molecule has 126 valence electrons. The van der Waals surface area contributed by atoms with E-state index in [0.29, 0.717) is 18.3 Å². The summed E-state index contributed by atoms with van der Waals surface area (Å²) in [6, 6.07) is 1.59. The maximum Gasteiger partial charge on any atom is 0.243 e. The Labute approximate surface area is 133 Å². The van der Waals surface area contributed by atoms with Crippen LogP contribution < -0.4 is 10.6 Å². The van der Waals surface area contributed by atoms with E-state index in [-0.39, 0.29) is 17.7 Å². The molecule has 1 fully saturated rings. The second-order valence-electron chi connectivity index (χ2n) is 5.31. The first kappa shape index (κ1) is 16.0. The number of benzene rings is 1. The molecule has 1 aliphatic carbocycles. The lowest BCUT2D eigenvalue weighted by Gasteiger charge is -2.08. The highest BCUT2D eigenvalue weighted by molar-refractivity contribution is 5.95. The van der Waals surface area contributed by atoms with Crippen LogP contribution in [0, 0.1) is 23.4 Å². The molecule has 1 aromatic carbocycles. The van der Waals surface area contributed by atoms with Gasteiger partial charge in [-0.2, -0.15) is 5.10 Å². The molecule has 1 saturated carbocycles. The topological polar surface area (TPSA) is 99.8 Å². The summed E-state index contributed by atoms with van der Waals surface area (Å²) >= 11 is 0. The zero-order valence-electron chi connectivity index (χ0n) is 12.1. The molecule has 3 N–H and O–H groups in total. The van der Waals surface area contributed by atoms with Crippen molar-refractivity contribution in [2.45, 2.75) is 12.3 Å². The summed E-state index contributed by atoms with van der Waals surface area (Å²) in [6.45, 7) is -0.420. The minimum absolute atomic E-state index is 0.0702. The molecule has 0 radical (unpaired) electrons. The third-order valence-electron chi connectivity index (χ3n) is 3.64. The Bertz CT molecular complexity index is 781. The van der Waals surface area contributed by atoms with Crippen molar-refractivity contribution in [3.05, 3.63) is 41.7 Å². The zero-order chi connectivity index (χ0) is 17.3. The SMILES string of the molecule is O=C(CNC(=O)[C@H]1C[C@@H]1c1ncn[nH]1)Nc1ccc(F)c(F)c1F. The van der Waals surface area contributed by atoms with Gasteiger partial charge in [0, 0.05) is 11.8 Å². The van der Waals surface area contributed by atoms with Crippen molar-refractivity contribution in [3.63, 3.8) is 0 Å². The maximum absolute atomic E-state index is 13.4. The van der Waals surface area contributed by atoms with Crippen molar-refractivity contribution in [2.75, 3.05) is 11.9 Å². The van der Waals surface area contributed by atoms with Crippen molar-refractivity contribution in [3.8, 4) is 0 Å². The van der Waals surface area contributed by atoms with Crippen LogP contribution in [-0.4, -0.2) is 33.5 Å². The van der Waals surface area contributed by atoms with Crippen LogP contribution in [0.5, 0.6) is 0 Å². The summed E-state index contributed by atoms with van der Waals surface area (Å²) in [4.78, 5) is 27.5. The molecule has 0 aliphatic heterocycles.